The third-order valence-electron chi connectivity index (χ3n) is 5.09. The summed E-state index contributed by atoms with van der Waals surface area (Å²) >= 11 is 0. The molecule has 1 aromatic rings. The second kappa shape index (κ2) is 7.99. The van der Waals surface area contributed by atoms with E-state index in [0.717, 1.165) is 39.0 Å². The van der Waals surface area contributed by atoms with Crippen LogP contribution in [0.5, 0.6) is 0 Å². The normalized spacial score (nSPS) is 23.0. The molecule has 0 bridgehead atoms. The minimum absolute atomic E-state index is 0. The van der Waals surface area contributed by atoms with Crippen LogP contribution in [0.4, 0.5) is 0 Å². The smallest absolute Gasteiger partial charge is 0.253 e. The third-order valence-corrected chi connectivity index (χ3v) is 5.09. The fraction of sp³-hybridized carbons (Fsp3) is 0.556. The van der Waals surface area contributed by atoms with Crippen molar-refractivity contribution in [2.45, 2.75) is 12.8 Å². The molecule has 2 amide bonds. The van der Waals surface area contributed by atoms with Crippen LogP contribution in [-0.2, 0) is 0 Å². The number of benzene rings is 1. The molecule has 0 spiro atoms. The van der Waals surface area contributed by atoms with Gasteiger partial charge in [-0.15, -0.1) is 12.4 Å². The first-order chi connectivity index (χ1) is 11.1. The number of rotatable bonds is 2. The number of halogens is 1. The summed E-state index contributed by atoms with van der Waals surface area (Å²) < 4.78 is 0. The minimum Gasteiger partial charge on any atom is -0.345 e. The SMILES string of the molecule is CN(C)C(=O)c1ccc(C(=O)N2CC[C@@H]3CNC[C@@H]3CC2)cc1.Cl. The van der Waals surface area contributed by atoms with Gasteiger partial charge in [0.15, 0.2) is 0 Å². The maximum Gasteiger partial charge on any atom is 0.253 e. The van der Waals surface area contributed by atoms with Gasteiger partial charge in [-0.3, -0.25) is 9.59 Å². The van der Waals surface area contributed by atoms with Gasteiger partial charge in [0.25, 0.3) is 11.8 Å². The molecule has 3 rings (SSSR count). The average molecular weight is 352 g/mol. The lowest BCUT2D eigenvalue weighted by atomic mass is 9.92. The van der Waals surface area contributed by atoms with E-state index in [4.69, 9.17) is 0 Å². The minimum atomic E-state index is -0.0425. The Labute approximate surface area is 149 Å². The van der Waals surface area contributed by atoms with Crippen molar-refractivity contribution < 1.29 is 9.59 Å². The van der Waals surface area contributed by atoms with Crippen molar-refractivity contribution in [1.29, 1.82) is 0 Å². The van der Waals surface area contributed by atoms with Crippen LogP contribution in [0.3, 0.4) is 0 Å². The van der Waals surface area contributed by atoms with E-state index in [-0.39, 0.29) is 24.2 Å². The van der Waals surface area contributed by atoms with Crippen LogP contribution in [0.25, 0.3) is 0 Å². The lowest BCUT2D eigenvalue weighted by molar-refractivity contribution is 0.0756. The summed E-state index contributed by atoms with van der Waals surface area (Å²) in [7, 11) is 3.45. The van der Waals surface area contributed by atoms with Crippen molar-refractivity contribution in [3.05, 3.63) is 35.4 Å². The molecule has 2 saturated heterocycles. The van der Waals surface area contributed by atoms with Crippen molar-refractivity contribution in [2.24, 2.45) is 11.8 Å². The van der Waals surface area contributed by atoms with Crippen molar-refractivity contribution in [3.8, 4) is 0 Å². The first-order valence-corrected chi connectivity index (χ1v) is 8.38. The van der Waals surface area contributed by atoms with Crippen LogP contribution < -0.4 is 5.32 Å². The number of carbonyl (C=O) groups is 2. The second-order valence-electron chi connectivity index (χ2n) is 6.82. The van der Waals surface area contributed by atoms with E-state index in [2.05, 4.69) is 5.32 Å². The molecule has 0 aromatic heterocycles. The Morgan fingerprint density at radius 2 is 1.50 bits per heavy atom. The van der Waals surface area contributed by atoms with Crippen LogP contribution in [0, 0.1) is 11.8 Å². The maximum atomic E-state index is 12.7. The number of hydrogen-bond donors (Lipinski definition) is 1. The van der Waals surface area contributed by atoms with Crippen LogP contribution >= 0.6 is 12.4 Å². The van der Waals surface area contributed by atoms with Gasteiger partial charge in [-0.05, 0) is 62.0 Å². The quantitative estimate of drug-likeness (QED) is 0.885. The van der Waals surface area contributed by atoms with Gasteiger partial charge >= 0.3 is 0 Å². The van der Waals surface area contributed by atoms with E-state index in [1.165, 1.54) is 0 Å². The lowest BCUT2D eigenvalue weighted by Gasteiger charge is -2.21. The highest BCUT2D eigenvalue weighted by atomic mass is 35.5. The predicted molar refractivity (Wildman–Crippen MR) is 96.7 cm³/mol. The van der Waals surface area contributed by atoms with Crippen molar-refractivity contribution in [2.75, 3.05) is 40.3 Å². The van der Waals surface area contributed by atoms with Gasteiger partial charge in [0.1, 0.15) is 0 Å². The number of likely N-dealkylation sites (tertiary alicyclic amines) is 1. The number of carbonyl (C=O) groups excluding carboxylic acids is 2. The fourth-order valence-electron chi connectivity index (χ4n) is 3.62. The second-order valence-corrected chi connectivity index (χ2v) is 6.82. The molecule has 1 N–H and O–H groups in total. The molecule has 24 heavy (non-hydrogen) atoms. The summed E-state index contributed by atoms with van der Waals surface area (Å²) in [5.74, 6) is 1.47. The maximum absolute atomic E-state index is 12.7. The first-order valence-electron chi connectivity index (χ1n) is 8.38. The van der Waals surface area contributed by atoms with Gasteiger partial charge in [-0.2, -0.15) is 0 Å². The highest BCUT2D eigenvalue weighted by Crippen LogP contribution is 2.27. The molecular formula is C18H26ClN3O2. The summed E-state index contributed by atoms with van der Waals surface area (Å²) in [5, 5.41) is 3.45. The van der Waals surface area contributed by atoms with E-state index in [1.54, 1.807) is 43.3 Å². The molecule has 5 nitrogen and oxygen atoms in total. The number of amides is 2. The summed E-state index contributed by atoms with van der Waals surface area (Å²) in [6, 6.07) is 7.02. The molecule has 2 heterocycles. The topological polar surface area (TPSA) is 52.7 Å². The Morgan fingerprint density at radius 3 is 2.00 bits per heavy atom. The summed E-state index contributed by atoms with van der Waals surface area (Å²) in [5.41, 5.74) is 1.29. The zero-order chi connectivity index (χ0) is 16.4. The molecule has 2 atom stereocenters. The zero-order valence-electron chi connectivity index (χ0n) is 14.3. The largest absolute Gasteiger partial charge is 0.345 e. The summed E-state index contributed by atoms with van der Waals surface area (Å²) in [6.45, 7) is 3.85. The number of fused-ring (bicyclic) bond motifs is 1. The molecule has 6 heteroatoms. The Kier molecular flexibility index (Phi) is 6.24. The van der Waals surface area contributed by atoms with Crippen LogP contribution in [-0.4, -0.2) is 61.9 Å². The molecule has 2 aliphatic rings. The van der Waals surface area contributed by atoms with Gasteiger partial charge in [-0.1, -0.05) is 0 Å². The molecule has 0 radical (unpaired) electrons. The molecule has 132 valence electrons. The highest BCUT2D eigenvalue weighted by molar-refractivity contribution is 5.97. The number of nitrogens with zero attached hydrogens (tertiary/aromatic N) is 2. The van der Waals surface area contributed by atoms with E-state index >= 15 is 0 Å². The van der Waals surface area contributed by atoms with E-state index < -0.39 is 0 Å². The van der Waals surface area contributed by atoms with Crippen molar-refractivity contribution in [3.63, 3.8) is 0 Å². The number of hydrogen-bond acceptors (Lipinski definition) is 3. The van der Waals surface area contributed by atoms with E-state index in [9.17, 15) is 9.59 Å². The van der Waals surface area contributed by atoms with Gasteiger partial charge < -0.3 is 15.1 Å². The van der Waals surface area contributed by atoms with Gasteiger partial charge in [0.2, 0.25) is 0 Å². The van der Waals surface area contributed by atoms with Gasteiger partial charge in [-0.25, -0.2) is 0 Å². The fourth-order valence-corrected chi connectivity index (χ4v) is 3.62. The monoisotopic (exact) mass is 351 g/mol. The molecule has 2 aliphatic heterocycles. The third kappa shape index (κ3) is 3.90. The average Bonchev–Trinajstić information content (AvgIpc) is 2.92. The van der Waals surface area contributed by atoms with Crippen LogP contribution in [0.15, 0.2) is 24.3 Å². The number of nitrogens with one attached hydrogen (secondary N) is 1. The molecule has 0 unspecified atom stereocenters. The molecule has 0 aliphatic carbocycles. The predicted octanol–water partition coefficient (Wildman–Crippen LogP) is 1.88. The van der Waals surface area contributed by atoms with Gasteiger partial charge in [0.05, 0.1) is 0 Å². The van der Waals surface area contributed by atoms with Crippen molar-refractivity contribution in [1.82, 2.24) is 15.1 Å². The Balaban J connectivity index is 0.00000208. The Hall–Kier alpha value is -1.59. The Morgan fingerprint density at radius 1 is 1.00 bits per heavy atom. The molecule has 1 aromatic carbocycles. The summed E-state index contributed by atoms with van der Waals surface area (Å²) in [6.07, 6.45) is 2.17. The highest BCUT2D eigenvalue weighted by Gasteiger charge is 2.31. The van der Waals surface area contributed by atoms with Crippen LogP contribution in [0.1, 0.15) is 33.6 Å². The van der Waals surface area contributed by atoms with Crippen LogP contribution in [0.2, 0.25) is 0 Å². The molecule has 0 saturated carbocycles. The van der Waals surface area contributed by atoms with E-state index in [0.29, 0.717) is 23.0 Å². The molecular weight excluding hydrogens is 326 g/mol. The van der Waals surface area contributed by atoms with Gasteiger partial charge in [0, 0.05) is 38.3 Å². The Bertz CT molecular complexity index is 574. The first kappa shape index (κ1) is 18.7. The lowest BCUT2D eigenvalue weighted by Crippen LogP contribution is -2.32. The van der Waals surface area contributed by atoms with Crippen molar-refractivity contribution >= 4 is 24.2 Å². The standard InChI is InChI=1S/C18H25N3O2.ClH/c1-20(2)17(22)13-3-5-14(6-4-13)18(23)21-9-7-15-11-19-12-16(15)8-10-21;/h3-6,15-16,19H,7-12H2,1-2H3;1H/t15-,16+;. The zero-order valence-corrected chi connectivity index (χ0v) is 15.1. The molecule has 2 fully saturated rings. The summed E-state index contributed by atoms with van der Waals surface area (Å²) in [4.78, 5) is 28.1. The van der Waals surface area contributed by atoms with E-state index in [1.807, 2.05) is 4.90 Å².